The second-order valence-electron chi connectivity index (χ2n) is 17.5. The summed E-state index contributed by atoms with van der Waals surface area (Å²) in [5, 5.41) is 60.2. The van der Waals surface area contributed by atoms with Crippen molar-refractivity contribution in [2.75, 3.05) is 25.6 Å². The molecule has 0 spiro atoms. The lowest BCUT2D eigenvalue weighted by molar-refractivity contribution is -0.170. The lowest BCUT2D eigenvalue weighted by atomic mass is 9.68. The minimum absolute atomic E-state index is 0.0649. The molecule has 60 heavy (non-hydrogen) atoms. The smallest absolute Gasteiger partial charge is 0.334 e. The third-order valence-electron chi connectivity index (χ3n) is 12.6. The number of aromatic hydroxyl groups is 1. The van der Waals surface area contributed by atoms with Gasteiger partial charge in [0.25, 0.3) is 0 Å². The third-order valence-corrected chi connectivity index (χ3v) is 12.6. The van der Waals surface area contributed by atoms with Crippen molar-refractivity contribution in [1.82, 2.24) is 0 Å². The first-order chi connectivity index (χ1) is 28.6. The van der Waals surface area contributed by atoms with Crippen LogP contribution in [-0.4, -0.2) is 86.9 Å². The number of hydrogen-bond donors (Lipinski definition) is 6. The van der Waals surface area contributed by atoms with Gasteiger partial charge in [-0.05, 0) is 97.5 Å². The number of Topliss-reactive ketones (excluding diaryl/α,β-unsaturated/α-hetero) is 1. The quantitative estimate of drug-likeness (QED) is 0.102. The van der Waals surface area contributed by atoms with E-state index in [1.54, 1.807) is 39.2 Å². The van der Waals surface area contributed by atoms with Crippen molar-refractivity contribution in [2.45, 2.75) is 113 Å². The highest BCUT2D eigenvalue weighted by Crippen LogP contribution is 2.43. The Labute approximate surface area is 350 Å². The average molecular weight is 822 g/mol. The molecule has 0 radical (unpaired) electrons. The molecule has 0 amide bonds. The lowest BCUT2D eigenvalue weighted by Crippen LogP contribution is -2.52. The molecular formula is C48H55NO11. The van der Waals surface area contributed by atoms with Gasteiger partial charge in [-0.25, -0.2) is 4.79 Å². The van der Waals surface area contributed by atoms with E-state index in [2.05, 4.69) is 17.2 Å². The van der Waals surface area contributed by atoms with Crippen molar-refractivity contribution < 1.29 is 54.1 Å². The summed E-state index contributed by atoms with van der Waals surface area (Å²) in [6, 6.07) is 16.1. The summed E-state index contributed by atoms with van der Waals surface area (Å²) in [6.45, 7) is 3.52. The summed E-state index contributed by atoms with van der Waals surface area (Å²) in [5.74, 6) is 3.09. The molecule has 318 valence electrons. The van der Waals surface area contributed by atoms with Gasteiger partial charge < -0.3 is 45.1 Å². The fourth-order valence-corrected chi connectivity index (χ4v) is 9.01. The Hall–Kier alpha value is -5.03. The highest BCUT2D eigenvalue weighted by molar-refractivity contribution is 5.89. The number of phenols is 1. The van der Waals surface area contributed by atoms with E-state index in [-0.39, 0.29) is 74.0 Å². The molecule has 1 saturated carbocycles. The van der Waals surface area contributed by atoms with Crippen molar-refractivity contribution in [3.63, 3.8) is 0 Å². The molecule has 3 aliphatic heterocycles. The highest BCUT2D eigenvalue weighted by atomic mass is 16.6. The Bertz CT molecular complexity index is 2210. The van der Waals surface area contributed by atoms with Gasteiger partial charge in [0.05, 0.1) is 30.7 Å². The number of phenolic OH excluding ortho intramolecular Hbond substituents is 1. The van der Waals surface area contributed by atoms with E-state index in [9.17, 15) is 39.9 Å². The zero-order valence-corrected chi connectivity index (χ0v) is 34.4. The van der Waals surface area contributed by atoms with Crippen LogP contribution in [0.5, 0.6) is 11.5 Å². The van der Waals surface area contributed by atoms with Gasteiger partial charge in [-0.2, -0.15) is 0 Å². The predicted molar refractivity (Wildman–Crippen MR) is 222 cm³/mol. The van der Waals surface area contributed by atoms with Gasteiger partial charge in [0, 0.05) is 80.7 Å². The standard InChI is InChI=1S/C48H55NO11/c1-47(56,11-12-58-3)27-49-38-16-30(26-50)15-33(20-38)31-7-8-32-24-45(54)59-43-25-42(53)35(22-40(32)43)23-44-48(2,57)37-9-10-41(52)34(19-37)14-28-5-4-6-29(13-28)17-39(51)21-36(18-31)46(55)60-44/h4-6,13,15-16,20-22,25,31-32,34,37,39,44,49-51,53,56-57H,9-12,14,17-19,23-24,26-27H2,1-3H3/b36-21-/t31-,32+,34-,37+,39-,44-,47-,48+/m1/s1. The number of anilines is 1. The number of methoxy groups -OCH3 is 1. The first-order valence-electron chi connectivity index (χ1n) is 20.8. The van der Waals surface area contributed by atoms with E-state index < -0.39 is 53.1 Å². The number of rotatable bonds is 8. The van der Waals surface area contributed by atoms with Crippen molar-refractivity contribution in [3.8, 4) is 23.3 Å². The number of esters is 2. The number of fused-ring (bicyclic) bond motifs is 8. The van der Waals surface area contributed by atoms with E-state index in [0.717, 1.165) is 11.1 Å². The minimum Gasteiger partial charge on any atom is -0.508 e. The van der Waals surface area contributed by atoms with Crippen LogP contribution in [0.15, 0.2) is 66.2 Å². The molecular weight excluding hydrogens is 767 g/mol. The summed E-state index contributed by atoms with van der Waals surface area (Å²) in [4.78, 5) is 41.0. The maximum absolute atomic E-state index is 14.7. The average Bonchev–Trinajstić information content (AvgIpc) is 3.21. The van der Waals surface area contributed by atoms with Crippen LogP contribution >= 0.6 is 0 Å². The van der Waals surface area contributed by atoms with E-state index in [1.165, 1.54) is 12.1 Å². The fraction of sp³-hybridized carbons (Fsp3) is 0.479. The molecule has 3 aromatic carbocycles. The maximum Gasteiger partial charge on any atom is 0.334 e. The lowest BCUT2D eigenvalue weighted by Gasteiger charge is -2.42. The van der Waals surface area contributed by atoms with Gasteiger partial charge >= 0.3 is 11.9 Å². The number of aliphatic hydroxyl groups excluding tert-OH is 2. The van der Waals surface area contributed by atoms with E-state index >= 15 is 0 Å². The summed E-state index contributed by atoms with van der Waals surface area (Å²) >= 11 is 0. The van der Waals surface area contributed by atoms with Gasteiger partial charge in [0.2, 0.25) is 0 Å². The Kier molecular flexibility index (Phi) is 12.9. The number of nitrogens with one attached hydrogen (secondary N) is 1. The first kappa shape index (κ1) is 43.1. The summed E-state index contributed by atoms with van der Waals surface area (Å²) in [6.07, 6.45) is 0.823. The number of carbonyl (C=O) groups excluding carboxylic acids is 3. The molecule has 1 fully saturated rings. The number of ether oxygens (including phenoxy) is 3. The third kappa shape index (κ3) is 9.94. The molecule has 8 bridgehead atoms. The van der Waals surface area contributed by atoms with E-state index in [4.69, 9.17) is 14.2 Å². The van der Waals surface area contributed by atoms with Crippen molar-refractivity contribution in [1.29, 1.82) is 0 Å². The SMILES string of the molecule is COCC[C@@](C)(O)CNc1cc(CO)cc([C@@H]2C#C[C@H]3CC(=O)Oc4cc(O)c(cc43)C[C@H]3OC(=O)/C(=C\[C@H](O)Cc4cccc(c4)C[C@@H]4C[C@H](CCC4=O)[C@]3(C)O)C2)c1. The molecule has 8 atom stereocenters. The minimum atomic E-state index is -1.68. The fourth-order valence-electron chi connectivity index (χ4n) is 9.01. The number of ketones is 1. The van der Waals surface area contributed by atoms with Crippen LogP contribution in [-0.2, 0) is 49.7 Å². The van der Waals surface area contributed by atoms with Gasteiger partial charge in [-0.3, -0.25) is 9.59 Å². The Balaban J connectivity index is 1.38. The second-order valence-corrected chi connectivity index (χ2v) is 17.5. The Morgan fingerprint density at radius 2 is 1.75 bits per heavy atom. The predicted octanol–water partition coefficient (Wildman–Crippen LogP) is 4.94. The van der Waals surface area contributed by atoms with Crippen LogP contribution in [0.2, 0.25) is 0 Å². The highest BCUT2D eigenvalue weighted by Gasteiger charge is 2.46. The summed E-state index contributed by atoms with van der Waals surface area (Å²) in [5.41, 5.74) is 1.69. The number of benzene rings is 3. The number of aliphatic hydroxyl groups is 4. The molecule has 1 aliphatic carbocycles. The van der Waals surface area contributed by atoms with Crippen LogP contribution in [0.3, 0.4) is 0 Å². The molecule has 12 nitrogen and oxygen atoms in total. The molecule has 0 unspecified atom stereocenters. The molecule has 0 aromatic heterocycles. The largest absolute Gasteiger partial charge is 0.508 e. The number of hydrogen-bond acceptors (Lipinski definition) is 12. The van der Waals surface area contributed by atoms with Crippen molar-refractivity contribution >= 4 is 23.4 Å². The maximum atomic E-state index is 14.7. The molecule has 3 aromatic rings. The van der Waals surface area contributed by atoms with Crippen molar-refractivity contribution in [2.24, 2.45) is 11.8 Å². The summed E-state index contributed by atoms with van der Waals surface area (Å²) < 4.78 is 17.1. The zero-order valence-electron chi connectivity index (χ0n) is 34.4. The van der Waals surface area contributed by atoms with E-state index in [1.807, 2.05) is 30.3 Å². The Morgan fingerprint density at radius 1 is 0.983 bits per heavy atom. The molecule has 12 heteroatoms. The second kappa shape index (κ2) is 17.9. The van der Waals surface area contributed by atoms with Gasteiger partial charge in [0.15, 0.2) is 0 Å². The molecule has 6 N–H and O–H groups in total. The topological polar surface area (TPSA) is 192 Å². The van der Waals surface area contributed by atoms with Gasteiger partial charge in [-0.1, -0.05) is 42.2 Å². The van der Waals surface area contributed by atoms with Gasteiger partial charge in [0.1, 0.15) is 29.0 Å². The van der Waals surface area contributed by atoms with Crippen molar-refractivity contribution in [3.05, 3.63) is 99.6 Å². The summed E-state index contributed by atoms with van der Waals surface area (Å²) in [7, 11) is 1.56. The zero-order chi connectivity index (χ0) is 42.8. The first-order valence-corrected chi connectivity index (χ1v) is 20.8. The van der Waals surface area contributed by atoms with Crippen LogP contribution in [0.4, 0.5) is 5.69 Å². The normalized spacial score (nSPS) is 28.6. The van der Waals surface area contributed by atoms with Crippen LogP contribution in [0.25, 0.3) is 0 Å². The molecule has 3 heterocycles. The Morgan fingerprint density at radius 3 is 2.52 bits per heavy atom. The van der Waals surface area contributed by atoms with Crippen LogP contribution in [0.1, 0.15) is 97.6 Å². The monoisotopic (exact) mass is 821 g/mol. The molecule has 4 aliphatic rings. The van der Waals surface area contributed by atoms with E-state index in [0.29, 0.717) is 60.2 Å². The van der Waals surface area contributed by atoms with Crippen LogP contribution < -0.4 is 10.1 Å². The van der Waals surface area contributed by atoms with Crippen LogP contribution in [0, 0.1) is 23.7 Å². The molecule has 0 saturated heterocycles. The molecule has 7 rings (SSSR count). The number of carbonyl (C=O) groups is 3. The van der Waals surface area contributed by atoms with Gasteiger partial charge in [-0.15, -0.1) is 0 Å².